The number of nitrogens with zero attached hydrogens (tertiary/aromatic N) is 2. The molecule has 2 rings (SSSR count). The lowest BCUT2D eigenvalue weighted by Gasteiger charge is -2.16. The second-order valence-corrected chi connectivity index (χ2v) is 4.73. The van der Waals surface area contributed by atoms with Gasteiger partial charge in [0.25, 0.3) is 0 Å². The van der Waals surface area contributed by atoms with Gasteiger partial charge in [0, 0.05) is 25.9 Å². The zero-order chi connectivity index (χ0) is 13.5. The zero-order valence-corrected chi connectivity index (χ0v) is 11.6. The second-order valence-electron chi connectivity index (χ2n) is 4.73. The van der Waals surface area contributed by atoms with Crippen molar-refractivity contribution < 1.29 is 4.52 Å². The van der Waals surface area contributed by atoms with Crippen LogP contribution in [0.5, 0.6) is 0 Å². The predicted octanol–water partition coefficient (Wildman–Crippen LogP) is 2.53. The minimum atomic E-state index is 0.496. The van der Waals surface area contributed by atoms with Crippen LogP contribution in [0.3, 0.4) is 0 Å². The molecule has 0 spiro atoms. The van der Waals surface area contributed by atoms with E-state index >= 15 is 0 Å². The van der Waals surface area contributed by atoms with Crippen LogP contribution in [0.15, 0.2) is 34.9 Å². The fourth-order valence-corrected chi connectivity index (χ4v) is 2.09. The van der Waals surface area contributed by atoms with Crippen LogP contribution in [0, 0.1) is 6.92 Å². The number of nitrogens with one attached hydrogen (secondary N) is 1. The quantitative estimate of drug-likeness (QED) is 0.830. The Morgan fingerprint density at radius 3 is 2.68 bits per heavy atom. The number of hydrogen-bond donors (Lipinski definition) is 1. The summed E-state index contributed by atoms with van der Waals surface area (Å²) < 4.78 is 4.96. The van der Waals surface area contributed by atoms with E-state index in [1.165, 1.54) is 5.56 Å². The van der Waals surface area contributed by atoms with E-state index in [1.54, 1.807) is 0 Å². The number of aryl methyl sites for hydroxylation is 1. The van der Waals surface area contributed by atoms with E-state index in [9.17, 15) is 0 Å². The van der Waals surface area contributed by atoms with Crippen LogP contribution in [-0.4, -0.2) is 22.7 Å². The van der Waals surface area contributed by atoms with Crippen molar-refractivity contribution in [1.82, 2.24) is 15.5 Å². The van der Waals surface area contributed by atoms with E-state index in [1.807, 2.05) is 6.92 Å². The van der Waals surface area contributed by atoms with Gasteiger partial charge in [0.15, 0.2) is 5.82 Å². The van der Waals surface area contributed by atoms with E-state index in [-0.39, 0.29) is 0 Å². The third-order valence-corrected chi connectivity index (χ3v) is 3.17. The van der Waals surface area contributed by atoms with E-state index < -0.39 is 0 Å². The van der Waals surface area contributed by atoms with Gasteiger partial charge in [-0.3, -0.25) is 0 Å². The monoisotopic (exact) mass is 259 g/mol. The van der Waals surface area contributed by atoms with Crippen molar-refractivity contribution in [3.63, 3.8) is 0 Å². The van der Waals surface area contributed by atoms with Crippen LogP contribution < -0.4 is 5.32 Å². The first-order chi connectivity index (χ1) is 9.28. The second kappa shape index (κ2) is 7.04. The molecule has 4 heteroatoms. The summed E-state index contributed by atoms with van der Waals surface area (Å²) in [5, 5.41) is 7.45. The maximum atomic E-state index is 4.96. The molecule has 4 nitrogen and oxygen atoms in total. The number of rotatable bonds is 7. The van der Waals surface area contributed by atoms with Crippen molar-refractivity contribution in [2.45, 2.75) is 39.2 Å². The van der Waals surface area contributed by atoms with E-state index in [4.69, 9.17) is 4.52 Å². The average molecular weight is 259 g/mol. The summed E-state index contributed by atoms with van der Waals surface area (Å²) in [4.78, 5) is 4.20. The lowest BCUT2D eigenvalue weighted by Crippen LogP contribution is -2.32. The SMILES string of the molecule is CCC(Cc1ccccc1)NCCc1noc(C)n1. The van der Waals surface area contributed by atoms with Gasteiger partial charge in [-0.25, -0.2) is 0 Å². The van der Waals surface area contributed by atoms with Gasteiger partial charge in [-0.15, -0.1) is 0 Å². The Morgan fingerprint density at radius 1 is 1.26 bits per heavy atom. The summed E-state index contributed by atoms with van der Waals surface area (Å²) in [5.74, 6) is 1.41. The van der Waals surface area contributed by atoms with Crippen molar-refractivity contribution >= 4 is 0 Å². The first-order valence-corrected chi connectivity index (χ1v) is 6.84. The van der Waals surface area contributed by atoms with E-state index in [2.05, 4.69) is 52.7 Å². The van der Waals surface area contributed by atoms with Gasteiger partial charge < -0.3 is 9.84 Å². The summed E-state index contributed by atoms with van der Waals surface area (Å²) in [5.41, 5.74) is 1.37. The molecule has 0 radical (unpaired) electrons. The predicted molar refractivity (Wildman–Crippen MR) is 75.0 cm³/mol. The first-order valence-electron chi connectivity index (χ1n) is 6.84. The summed E-state index contributed by atoms with van der Waals surface area (Å²) in [6, 6.07) is 11.1. The maximum Gasteiger partial charge on any atom is 0.223 e. The molecule has 2 aromatic rings. The standard InChI is InChI=1S/C15H21N3O/c1-3-14(11-13-7-5-4-6-8-13)16-10-9-15-17-12(2)19-18-15/h4-8,14,16H,3,9-11H2,1-2H3. The molecule has 0 fully saturated rings. The fourth-order valence-electron chi connectivity index (χ4n) is 2.09. The third kappa shape index (κ3) is 4.48. The summed E-state index contributed by atoms with van der Waals surface area (Å²) in [6.07, 6.45) is 2.98. The van der Waals surface area contributed by atoms with Crippen molar-refractivity contribution in [2.75, 3.05) is 6.54 Å². The third-order valence-electron chi connectivity index (χ3n) is 3.17. The Morgan fingerprint density at radius 2 is 2.05 bits per heavy atom. The molecule has 0 bridgehead atoms. The van der Waals surface area contributed by atoms with E-state index in [0.717, 1.165) is 31.6 Å². The summed E-state index contributed by atoms with van der Waals surface area (Å²) in [7, 11) is 0. The molecular weight excluding hydrogens is 238 g/mol. The van der Waals surface area contributed by atoms with Gasteiger partial charge in [-0.2, -0.15) is 4.98 Å². The van der Waals surface area contributed by atoms with Gasteiger partial charge in [-0.05, 0) is 18.4 Å². The van der Waals surface area contributed by atoms with Crippen LogP contribution in [0.4, 0.5) is 0 Å². The van der Waals surface area contributed by atoms with Crippen LogP contribution in [0.1, 0.15) is 30.6 Å². The number of hydrogen-bond acceptors (Lipinski definition) is 4. The molecule has 0 saturated heterocycles. The van der Waals surface area contributed by atoms with Gasteiger partial charge >= 0.3 is 0 Å². The first kappa shape index (κ1) is 13.7. The topological polar surface area (TPSA) is 51.0 Å². The normalized spacial score (nSPS) is 12.5. The molecule has 1 aromatic heterocycles. The Balaban J connectivity index is 1.76. The molecule has 1 heterocycles. The fraction of sp³-hybridized carbons (Fsp3) is 0.467. The summed E-state index contributed by atoms with van der Waals surface area (Å²) in [6.45, 7) is 4.90. The maximum absolute atomic E-state index is 4.96. The van der Waals surface area contributed by atoms with Crippen molar-refractivity contribution in [2.24, 2.45) is 0 Å². The van der Waals surface area contributed by atoms with Crippen LogP contribution >= 0.6 is 0 Å². The zero-order valence-electron chi connectivity index (χ0n) is 11.6. The molecule has 1 aromatic carbocycles. The average Bonchev–Trinajstić information content (AvgIpc) is 2.84. The highest BCUT2D eigenvalue weighted by Gasteiger charge is 2.08. The van der Waals surface area contributed by atoms with Crippen LogP contribution in [-0.2, 0) is 12.8 Å². The molecule has 1 atom stereocenters. The largest absolute Gasteiger partial charge is 0.340 e. The molecule has 0 amide bonds. The molecule has 0 aliphatic heterocycles. The molecule has 0 saturated carbocycles. The van der Waals surface area contributed by atoms with Gasteiger partial charge in [0.2, 0.25) is 5.89 Å². The summed E-state index contributed by atoms with van der Waals surface area (Å²) >= 11 is 0. The van der Waals surface area contributed by atoms with Crippen LogP contribution in [0.25, 0.3) is 0 Å². The van der Waals surface area contributed by atoms with Crippen LogP contribution in [0.2, 0.25) is 0 Å². The Kier molecular flexibility index (Phi) is 5.10. The highest BCUT2D eigenvalue weighted by molar-refractivity contribution is 5.15. The van der Waals surface area contributed by atoms with Crippen molar-refractivity contribution in [3.05, 3.63) is 47.6 Å². The highest BCUT2D eigenvalue weighted by atomic mass is 16.5. The molecule has 0 aliphatic carbocycles. The number of aromatic nitrogens is 2. The highest BCUT2D eigenvalue weighted by Crippen LogP contribution is 2.05. The lowest BCUT2D eigenvalue weighted by molar-refractivity contribution is 0.386. The molecule has 0 aliphatic rings. The molecule has 1 N–H and O–H groups in total. The lowest BCUT2D eigenvalue weighted by atomic mass is 10.0. The van der Waals surface area contributed by atoms with E-state index in [0.29, 0.717) is 11.9 Å². The minimum Gasteiger partial charge on any atom is -0.340 e. The molecule has 19 heavy (non-hydrogen) atoms. The smallest absolute Gasteiger partial charge is 0.223 e. The molecule has 102 valence electrons. The number of benzene rings is 1. The Hall–Kier alpha value is -1.68. The van der Waals surface area contributed by atoms with Crippen molar-refractivity contribution in [3.8, 4) is 0 Å². The van der Waals surface area contributed by atoms with Gasteiger partial charge in [0.05, 0.1) is 0 Å². The Bertz CT molecular complexity index is 481. The van der Waals surface area contributed by atoms with Crippen molar-refractivity contribution in [1.29, 1.82) is 0 Å². The minimum absolute atomic E-state index is 0.496. The molecular formula is C15H21N3O. The van der Waals surface area contributed by atoms with Gasteiger partial charge in [0.1, 0.15) is 0 Å². The van der Waals surface area contributed by atoms with Gasteiger partial charge in [-0.1, -0.05) is 42.4 Å². The Labute approximate surface area is 114 Å². The molecule has 1 unspecified atom stereocenters.